The third-order valence-electron chi connectivity index (χ3n) is 13.0. The minimum atomic E-state index is -0.937. The number of allylic oxidation sites excluding steroid dienone is 2. The van der Waals surface area contributed by atoms with Gasteiger partial charge in [-0.25, -0.2) is 0 Å². The third-order valence-corrected chi connectivity index (χ3v) is 13.0. The lowest BCUT2D eigenvalue weighted by Crippen LogP contribution is -2.63. The minimum Gasteiger partial charge on any atom is -0.462 e. The number of ether oxygens (including phenoxy) is 3. The van der Waals surface area contributed by atoms with Gasteiger partial charge in [-0.15, -0.1) is 0 Å². The second kappa shape index (κ2) is 9.53. The molecule has 5 rings (SSSR count). The maximum Gasteiger partial charge on any atom is 0.302 e. The summed E-state index contributed by atoms with van der Waals surface area (Å²) in [5.41, 5.74) is -1.13. The van der Waals surface area contributed by atoms with Crippen molar-refractivity contribution in [3.63, 3.8) is 0 Å². The Morgan fingerprint density at radius 1 is 0.951 bits per heavy atom. The van der Waals surface area contributed by atoms with E-state index in [1.807, 2.05) is 13.8 Å². The second-order valence-electron chi connectivity index (χ2n) is 16.3. The predicted molar refractivity (Wildman–Crippen MR) is 156 cm³/mol. The molecule has 0 aromatic heterocycles. The third kappa shape index (κ3) is 4.46. The van der Waals surface area contributed by atoms with Crippen molar-refractivity contribution in [2.75, 3.05) is 0 Å². The van der Waals surface area contributed by atoms with Gasteiger partial charge in [0.25, 0.3) is 0 Å². The number of rotatable bonds is 4. The molecule has 11 atom stereocenters. The van der Waals surface area contributed by atoms with Gasteiger partial charge in [0.15, 0.2) is 0 Å². The molecule has 2 N–H and O–H groups in total. The number of carbonyl (C=O) groups is 2. The van der Waals surface area contributed by atoms with E-state index in [0.29, 0.717) is 12.8 Å². The summed E-state index contributed by atoms with van der Waals surface area (Å²) >= 11 is 0. The van der Waals surface area contributed by atoms with Crippen LogP contribution in [0, 0.1) is 39.4 Å². The summed E-state index contributed by atoms with van der Waals surface area (Å²) in [4.78, 5) is 24.6. The lowest BCUT2D eigenvalue weighted by molar-refractivity contribution is -0.203. The van der Waals surface area contributed by atoms with Crippen LogP contribution < -0.4 is 0 Å². The molecule has 41 heavy (non-hydrogen) atoms. The molecular formula is C34H54O7. The molecule has 5 aliphatic rings. The molecule has 0 aromatic rings. The molecule has 0 bridgehead atoms. The molecule has 232 valence electrons. The number of aliphatic hydroxyl groups excluding tert-OH is 1. The second-order valence-corrected chi connectivity index (χ2v) is 16.3. The SMILES string of the molecule is CC(=O)O[C@H]1CC2C(=CC[C@]3(C)[C@@H]([C@]4(C)CC[C@H](C(C)(C)O)O4)[C@@H](O)C[C@@]23C)[C@@]2(C)CC[C@H](OC(C)=O)C(C)(C)C12. The molecule has 1 aliphatic heterocycles. The van der Waals surface area contributed by atoms with Gasteiger partial charge in [-0.1, -0.05) is 46.3 Å². The van der Waals surface area contributed by atoms with Gasteiger partial charge in [-0.3, -0.25) is 9.59 Å². The van der Waals surface area contributed by atoms with E-state index in [4.69, 9.17) is 14.2 Å². The Balaban J connectivity index is 1.57. The maximum absolute atomic E-state index is 12.5. The summed E-state index contributed by atoms with van der Waals surface area (Å²) < 4.78 is 18.7. The predicted octanol–water partition coefficient (Wildman–Crippen LogP) is 5.74. The lowest BCUT2D eigenvalue weighted by atomic mass is 9.40. The van der Waals surface area contributed by atoms with Crippen LogP contribution >= 0.6 is 0 Å². The zero-order chi connectivity index (χ0) is 30.6. The highest BCUT2D eigenvalue weighted by Gasteiger charge is 2.72. The average molecular weight is 575 g/mol. The summed E-state index contributed by atoms with van der Waals surface area (Å²) in [5, 5.41) is 22.6. The Kier molecular flexibility index (Phi) is 7.20. The Morgan fingerprint density at radius 3 is 2.15 bits per heavy atom. The first-order valence-electron chi connectivity index (χ1n) is 15.8. The van der Waals surface area contributed by atoms with E-state index in [1.165, 1.54) is 19.4 Å². The zero-order valence-electron chi connectivity index (χ0n) is 27.0. The van der Waals surface area contributed by atoms with Crippen LogP contribution in [-0.2, 0) is 23.8 Å². The van der Waals surface area contributed by atoms with Gasteiger partial charge in [0.2, 0.25) is 0 Å². The van der Waals surface area contributed by atoms with E-state index in [1.54, 1.807) is 0 Å². The topological polar surface area (TPSA) is 102 Å². The molecule has 1 saturated heterocycles. The molecule has 2 unspecified atom stereocenters. The fourth-order valence-electron chi connectivity index (χ4n) is 11.3. The Hall–Kier alpha value is -1.44. The van der Waals surface area contributed by atoms with E-state index >= 15 is 0 Å². The summed E-state index contributed by atoms with van der Waals surface area (Å²) in [6.07, 6.45) is 6.50. The van der Waals surface area contributed by atoms with Gasteiger partial charge >= 0.3 is 11.9 Å². The van der Waals surface area contributed by atoms with Crippen LogP contribution in [-0.4, -0.2) is 57.8 Å². The van der Waals surface area contributed by atoms with E-state index < -0.39 is 17.3 Å². The molecule has 0 aromatic carbocycles. The molecule has 7 nitrogen and oxygen atoms in total. The number of hydrogen-bond donors (Lipinski definition) is 2. The molecule has 0 spiro atoms. The van der Waals surface area contributed by atoms with Gasteiger partial charge in [0.05, 0.1) is 23.4 Å². The minimum absolute atomic E-state index is 0.00203. The molecular weight excluding hydrogens is 520 g/mol. The molecule has 3 saturated carbocycles. The zero-order valence-corrected chi connectivity index (χ0v) is 27.0. The van der Waals surface area contributed by atoms with Crippen molar-refractivity contribution < 1.29 is 34.0 Å². The highest BCUT2D eigenvalue weighted by molar-refractivity contribution is 5.67. The highest BCUT2D eigenvalue weighted by atomic mass is 16.6. The Morgan fingerprint density at radius 2 is 1.59 bits per heavy atom. The number of hydrogen-bond acceptors (Lipinski definition) is 7. The van der Waals surface area contributed by atoms with Crippen molar-refractivity contribution in [1.29, 1.82) is 0 Å². The van der Waals surface area contributed by atoms with Crippen LogP contribution in [0.15, 0.2) is 11.6 Å². The van der Waals surface area contributed by atoms with E-state index in [9.17, 15) is 19.8 Å². The molecule has 7 heteroatoms. The maximum atomic E-state index is 12.5. The van der Waals surface area contributed by atoms with E-state index in [-0.39, 0.29) is 69.7 Å². The van der Waals surface area contributed by atoms with Crippen molar-refractivity contribution in [3.05, 3.63) is 11.6 Å². The molecule has 4 aliphatic carbocycles. The van der Waals surface area contributed by atoms with Crippen molar-refractivity contribution in [1.82, 2.24) is 0 Å². The molecule has 1 heterocycles. The van der Waals surface area contributed by atoms with Crippen LogP contribution in [0.1, 0.15) is 114 Å². The van der Waals surface area contributed by atoms with Crippen molar-refractivity contribution >= 4 is 11.9 Å². The smallest absolute Gasteiger partial charge is 0.302 e. The molecule has 0 radical (unpaired) electrons. The van der Waals surface area contributed by atoms with Crippen LogP contribution in [0.3, 0.4) is 0 Å². The Labute approximate surface area is 246 Å². The fourth-order valence-corrected chi connectivity index (χ4v) is 11.3. The monoisotopic (exact) mass is 574 g/mol. The van der Waals surface area contributed by atoms with Crippen LogP contribution in [0.25, 0.3) is 0 Å². The first-order valence-corrected chi connectivity index (χ1v) is 15.8. The first kappa shape index (κ1) is 31.0. The number of fused-ring (bicyclic) bond motifs is 5. The van der Waals surface area contributed by atoms with E-state index in [0.717, 1.165) is 32.1 Å². The number of carbonyl (C=O) groups excluding carboxylic acids is 2. The van der Waals surface area contributed by atoms with Crippen molar-refractivity contribution in [2.24, 2.45) is 39.4 Å². The number of aliphatic hydroxyl groups is 2. The summed E-state index contributed by atoms with van der Waals surface area (Å²) in [6, 6.07) is 0. The van der Waals surface area contributed by atoms with Gasteiger partial charge in [0, 0.05) is 31.1 Å². The standard InChI is InChI=1S/C34H54O7/c1-19(35)39-24-17-22-21(31(7)14-12-25(40-20(2)36)29(3,4)28(24)31)11-15-32(8)27(23(37)18-33(22,32)9)34(10)16-13-26(41-34)30(5,6)38/h11,22-28,37-38H,12-18H2,1-10H3/t22?,23-,24-,25-,26+,27-,28?,31+,32+,33-,34-/m0/s1. The fraction of sp³-hybridized carbons (Fsp3) is 0.882. The molecule has 4 fully saturated rings. The summed E-state index contributed by atoms with van der Waals surface area (Å²) in [6.45, 7) is 20.1. The van der Waals surface area contributed by atoms with Crippen LogP contribution in [0.4, 0.5) is 0 Å². The highest BCUT2D eigenvalue weighted by Crippen LogP contribution is 2.74. The number of esters is 2. The quantitative estimate of drug-likeness (QED) is 0.326. The van der Waals surface area contributed by atoms with Gasteiger partial charge < -0.3 is 24.4 Å². The van der Waals surface area contributed by atoms with Gasteiger partial charge in [-0.05, 0) is 87.9 Å². The van der Waals surface area contributed by atoms with Crippen LogP contribution in [0.2, 0.25) is 0 Å². The van der Waals surface area contributed by atoms with Crippen LogP contribution in [0.5, 0.6) is 0 Å². The van der Waals surface area contributed by atoms with Crippen molar-refractivity contribution in [2.45, 2.75) is 150 Å². The lowest BCUT2D eigenvalue weighted by Gasteiger charge is -2.65. The largest absolute Gasteiger partial charge is 0.462 e. The molecule has 0 amide bonds. The van der Waals surface area contributed by atoms with Crippen molar-refractivity contribution in [3.8, 4) is 0 Å². The van der Waals surface area contributed by atoms with Gasteiger partial charge in [-0.2, -0.15) is 0 Å². The summed E-state index contributed by atoms with van der Waals surface area (Å²) in [7, 11) is 0. The summed E-state index contributed by atoms with van der Waals surface area (Å²) in [5.74, 6) is -0.503. The average Bonchev–Trinajstić information content (AvgIpc) is 3.30. The van der Waals surface area contributed by atoms with E-state index in [2.05, 4.69) is 47.6 Å². The first-order chi connectivity index (χ1) is 18.7. The Bertz CT molecular complexity index is 1120. The van der Waals surface area contributed by atoms with Gasteiger partial charge in [0.1, 0.15) is 12.2 Å². The normalized spacial score (nSPS) is 48.9.